The Bertz CT molecular complexity index is 498. The van der Waals surface area contributed by atoms with E-state index in [1.54, 1.807) is 11.4 Å². The quantitative estimate of drug-likeness (QED) is 0.869. The summed E-state index contributed by atoms with van der Waals surface area (Å²) >= 11 is 1.18. The molecule has 1 saturated heterocycles. The normalized spacial score (nSPS) is 25.0. The molecule has 0 aliphatic carbocycles. The lowest BCUT2D eigenvalue weighted by Gasteiger charge is -2.29. The van der Waals surface area contributed by atoms with Crippen molar-refractivity contribution in [1.82, 2.24) is 10.0 Å². The number of hydrogen-bond acceptors (Lipinski definition) is 5. The second-order valence-corrected chi connectivity index (χ2v) is 7.30. The zero-order valence-corrected chi connectivity index (χ0v) is 12.1. The topological polar surface area (TPSA) is 67.4 Å². The molecule has 1 aromatic heterocycles. The molecular formula is C11H18N2O3S2. The van der Waals surface area contributed by atoms with Gasteiger partial charge in [-0.15, -0.1) is 11.3 Å². The van der Waals surface area contributed by atoms with Gasteiger partial charge in [-0.3, -0.25) is 0 Å². The molecule has 2 unspecified atom stereocenters. The van der Waals surface area contributed by atoms with Gasteiger partial charge < -0.3 is 10.1 Å². The zero-order chi connectivity index (χ0) is 13.2. The molecular weight excluding hydrogens is 272 g/mol. The van der Waals surface area contributed by atoms with Crippen LogP contribution in [0.4, 0.5) is 0 Å². The van der Waals surface area contributed by atoms with E-state index < -0.39 is 10.0 Å². The number of methoxy groups -OCH3 is 1. The van der Waals surface area contributed by atoms with Crippen molar-refractivity contribution < 1.29 is 13.2 Å². The maximum absolute atomic E-state index is 12.3. The lowest BCUT2D eigenvalue weighted by molar-refractivity contribution is 0.327. The number of nitrogens with one attached hydrogen (secondary N) is 2. The zero-order valence-electron chi connectivity index (χ0n) is 10.5. The van der Waals surface area contributed by atoms with Gasteiger partial charge in [-0.05, 0) is 30.3 Å². The highest BCUT2D eigenvalue weighted by Crippen LogP contribution is 2.30. The van der Waals surface area contributed by atoms with Crippen LogP contribution in [-0.4, -0.2) is 34.7 Å². The largest absolute Gasteiger partial charge is 0.494 e. The van der Waals surface area contributed by atoms with E-state index in [0.29, 0.717) is 18.2 Å². The van der Waals surface area contributed by atoms with Gasteiger partial charge in [-0.2, -0.15) is 0 Å². The van der Waals surface area contributed by atoms with E-state index in [4.69, 9.17) is 4.74 Å². The van der Waals surface area contributed by atoms with Gasteiger partial charge >= 0.3 is 0 Å². The summed E-state index contributed by atoms with van der Waals surface area (Å²) in [7, 11) is -2.01. The maximum atomic E-state index is 12.3. The Labute approximate surface area is 112 Å². The number of thiophene rings is 1. The van der Waals surface area contributed by atoms with Crippen LogP contribution in [0.2, 0.25) is 0 Å². The summed E-state index contributed by atoms with van der Waals surface area (Å²) in [5.41, 5.74) is 0. The predicted octanol–water partition coefficient (Wildman–Crippen LogP) is 1.03. The van der Waals surface area contributed by atoms with Gasteiger partial charge in [0, 0.05) is 12.6 Å². The summed E-state index contributed by atoms with van der Waals surface area (Å²) in [6.07, 6.45) is 0.981. The molecule has 102 valence electrons. The molecule has 0 saturated carbocycles. The van der Waals surface area contributed by atoms with Crippen LogP contribution in [-0.2, 0) is 10.0 Å². The number of piperidine rings is 1. The monoisotopic (exact) mass is 290 g/mol. The Hall–Kier alpha value is -0.630. The number of sulfonamides is 1. The smallest absolute Gasteiger partial charge is 0.254 e. The molecule has 0 spiro atoms. The van der Waals surface area contributed by atoms with Crippen molar-refractivity contribution >= 4 is 21.4 Å². The Morgan fingerprint density at radius 3 is 3.00 bits per heavy atom. The summed E-state index contributed by atoms with van der Waals surface area (Å²) in [6, 6.07) is 1.61. The molecule has 7 heteroatoms. The first-order valence-corrected chi connectivity index (χ1v) is 8.25. The fourth-order valence-electron chi connectivity index (χ4n) is 2.03. The molecule has 2 heterocycles. The average Bonchev–Trinajstić information content (AvgIpc) is 2.81. The Morgan fingerprint density at radius 1 is 1.56 bits per heavy atom. The molecule has 2 atom stereocenters. The van der Waals surface area contributed by atoms with Crippen LogP contribution in [0.5, 0.6) is 5.75 Å². The van der Waals surface area contributed by atoms with Crippen LogP contribution in [0.25, 0.3) is 0 Å². The van der Waals surface area contributed by atoms with Gasteiger partial charge in [0.15, 0.2) is 4.21 Å². The molecule has 1 aliphatic rings. The fourth-order valence-corrected chi connectivity index (χ4v) is 4.67. The van der Waals surface area contributed by atoms with Crippen molar-refractivity contribution in [3.05, 3.63) is 11.4 Å². The van der Waals surface area contributed by atoms with Gasteiger partial charge in [0.1, 0.15) is 5.75 Å². The van der Waals surface area contributed by atoms with Crippen LogP contribution in [0.15, 0.2) is 15.7 Å². The molecule has 2 N–H and O–H groups in total. The van der Waals surface area contributed by atoms with E-state index in [0.717, 1.165) is 13.0 Å². The van der Waals surface area contributed by atoms with Crippen LogP contribution < -0.4 is 14.8 Å². The Morgan fingerprint density at radius 2 is 2.33 bits per heavy atom. The summed E-state index contributed by atoms with van der Waals surface area (Å²) in [4.78, 5) is 0. The second kappa shape index (κ2) is 5.56. The van der Waals surface area contributed by atoms with Crippen molar-refractivity contribution in [2.75, 3.05) is 20.2 Å². The summed E-state index contributed by atoms with van der Waals surface area (Å²) < 4.78 is 32.6. The Kier molecular flexibility index (Phi) is 4.26. The minimum atomic E-state index is -3.49. The molecule has 0 aromatic carbocycles. The maximum Gasteiger partial charge on any atom is 0.254 e. The average molecular weight is 290 g/mol. The fraction of sp³-hybridized carbons (Fsp3) is 0.636. The van der Waals surface area contributed by atoms with E-state index in [-0.39, 0.29) is 10.3 Å². The summed E-state index contributed by atoms with van der Waals surface area (Å²) in [5, 5.41) is 4.93. The summed E-state index contributed by atoms with van der Waals surface area (Å²) in [5.74, 6) is 0.746. The molecule has 18 heavy (non-hydrogen) atoms. The molecule has 2 rings (SSSR count). The Balaban J connectivity index is 2.16. The van der Waals surface area contributed by atoms with E-state index in [2.05, 4.69) is 17.0 Å². The van der Waals surface area contributed by atoms with Gasteiger partial charge in [0.05, 0.1) is 7.11 Å². The first-order valence-electron chi connectivity index (χ1n) is 5.89. The van der Waals surface area contributed by atoms with Gasteiger partial charge in [-0.25, -0.2) is 13.1 Å². The molecule has 5 nitrogen and oxygen atoms in total. The molecule has 0 amide bonds. The van der Waals surface area contributed by atoms with E-state index in [9.17, 15) is 8.42 Å². The molecule has 1 aromatic rings. The second-order valence-electron chi connectivity index (χ2n) is 4.47. The van der Waals surface area contributed by atoms with Crippen LogP contribution >= 0.6 is 11.3 Å². The van der Waals surface area contributed by atoms with Gasteiger partial charge in [0.2, 0.25) is 0 Å². The van der Waals surface area contributed by atoms with Crippen molar-refractivity contribution in [3.63, 3.8) is 0 Å². The first kappa shape index (κ1) is 13.8. The van der Waals surface area contributed by atoms with Crippen LogP contribution in [0.1, 0.15) is 13.3 Å². The third-order valence-electron chi connectivity index (χ3n) is 3.19. The minimum absolute atomic E-state index is 0.0597. The van der Waals surface area contributed by atoms with Crippen molar-refractivity contribution in [3.8, 4) is 5.75 Å². The first-order chi connectivity index (χ1) is 8.54. The molecule has 0 radical (unpaired) electrons. The lowest BCUT2D eigenvalue weighted by Crippen LogP contribution is -2.49. The molecule has 1 fully saturated rings. The number of rotatable bonds is 4. The van der Waals surface area contributed by atoms with E-state index in [1.165, 1.54) is 18.4 Å². The highest BCUT2D eigenvalue weighted by Gasteiger charge is 2.29. The van der Waals surface area contributed by atoms with E-state index >= 15 is 0 Å². The van der Waals surface area contributed by atoms with Gasteiger partial charge in [-0.1, -0.05) is 6.92 Å². The highest BCUT2D eigenvalue weighted by atomic mass is 32.2. The molecule has 1 aliphatic heterocycles. The van der Waals surface area contributed by atoms with Crippen molar-refractivity contribution in [2.24, 2.45) is 5.92 Å². The van der Waals surface area contributed by atoms with Gasteiger partial charge in [0.25, 0.3) is 10.0 Å². The SMILES string of the molecule is COc1ccsc1S(=O)(=O)NC1CNCCC1C. The van der Waals surface area contributed by atoms with Crippen LogP contribution in [0, 0.1) is 5.92 Å². The minimum Gasteiger partial charge on any atom is -0.494 e. The molecule has 0 bridgehead atoms. The van der Waals surface area contributed by atoms with Crippen LogP contribution in [0.3, 0.4) is 0 Å². The third kappa shape index (κ3) is 2.85. The van der Waals surface area contributed by atoms with Crippen molar-refractivity contribution in [2.45, 2.75) is 23.6 Å². The standard InChI is InChI=1S/C11H18N2O3S2/c1-8-3-5-12-7-9(8)13-18(14,15)11-10(16-2)4-6-17-11/h4,6,8-9,12-13H,3,5,7H2,1-2H3. The highest BCUT2D eigenvalue weighted by molar-refractivity contribution is 7.91. The van der Waals surface area contributed by atoms with E-state index in [1.807, 2.05) is 0 Å². The lowest BCUT2D eigenvalue weighted by atomic mass is 9.96. The predicted molar refractivity (Wildman–Crippen MR) is 71.6 cm³/mol. The number of ether oxygens (including phenoxy) is 1. The van der Waals surface area contributed by atoms with Crippen molar-refractivity contribution in [1.29, 1.82) is 0 Å². The summed E-state index contributed by atoms with van der Waals surface area (Å²) in [6.45, 7) is 3.69. The number of hydrogen-bond donors (Lipinski definition) is 2. The third-order valence-corrected chi connectivity index (χ3v) is 6.13.